The molecule has 1 aliphatic heterocycles. The van der Waals surface area contributed by atoms with Crippen LogP contribution >= 0.6 is 0 Å². The largest absolute Gasteiger partial charge is 0.493 e. The zero-order valence-corrected chi connectivity index (χ0v) is 11.2. The molecule has 1 atom stereocenters. The summed E-state index contributed by atoms with van der Waals surface area (Å²) in [7, 11) is 3.29. The molecule has 1 aromatic rings. The minimum Gasteiger partial charge on any atom is -0.493 e. The molecular weight excluding hydrogens is 228 g/mol. The Morgan fingerprint density at radius 1 is 1.17 bits per heavy atom. The lowest BCUT2D eigenvalue weighted by Gasteiger charge is -2.18. The van der Waals surface area contributed by atoms with Gasteiger partial charge in [0.05, 0.1) is 20.4 Å². The Bertz CT molecular complexity index is 507. The van der Waals surface area contributed by atoms with Crippen LogP contribution in [0.4, 0.5) is 0 Å². The van der Waals surface area contributed by atoms with Gasteiger partial charge in [-0.05, 0) is 31.0 Å². The fourth-order valence-electron chi connectivity index (χ4n) is 2.32. The van der Waals surface area contributed by atoms with Crippen LogP contribution in [0.3, 0.4) is 0 Å². The highest BCUT2D eigenvalue weighted by Crippen LogP contribution is 2.35. The number of ether oxygens (including phenoxy) is 2. The van der Waals surface area contributed by atoms with E-state index in [2.05, 4.69) is 17.1 Å². The standard InChI is InChI=1S/C14H18N2O2/c1-5-11-9(2)16-15-8-10-6-13(17-3)14(18-4)7-12(10)11/h6-8,11H,5H2,1-4H3. The lowest BCUT2D eigenvalue weighted by atomic mass is 9.89. The van der Waals surface area contributed by atoms with Crippen LogP contribution in [-0.2, 0) is 0 Å². The maximum atomic E-state index is 5.36. The summed E-state index contributed by atoms with van der Waals surface area (Å²) in [5, 5.41) is 8.29. The summed E-state index contributed by atoms with van der Waals surface area (Å²) in [4.78, 5) is 0. The predicted octanol–water partition coefficient (Wildman–Crippen LogP) is 3.01. The molecule has 0 radical (unpaired) electrons. The van der Waals surface area contributed by atoms with Crippen LogP contribution in [0.1, 0.15) is 37.3 Å². The lowest BCUT2D eigenvalue weighted by molar-refractivity contribution is 0.354. The maximum Gasteiger partial charge on any atom is 0.161 e. The van der Waals surface area contributed by atoms with Gasteiger partial charge in [-0.2, -0.15) is 10.2 Å². The number of fused-ring (bicyclic) bond motifs is 1. The Morgan fingerprint density at radius 2 is 1.83 bits per heavy atom. The minimum atomic E-state index is 0.280. The van der Waals surface area contributed by atoms with Crippen LogP contribution in [0, 0.1) is 0 Å². The molecular formula is C14H18N2O2. The molecule has 1 unspecified atom stereocenters. The summed E-state index contributed by atoms with van der Waals surface area (Å²) < 4.78 is 10.7. The van der Waals surface area contributed by atoms with Crippen LogP contribution in [0.25, 0.3) is 0 Å². The van der Waals surface area contributed by atoms with Crippen molar-refractivity contribution in [3.8, 4) is 11.5 Å². The topological polar surface area (TPSA) is 43.2 Å². The van der Waals surface area contributed by atoms with Gasteiger partial charge in [-0.3, -0.25) is 0 Å². The molecule has 1 aromatic carbocycles. The molecule has 0 amide bonds. The van der Waals surface area contributed by atoms with E-state index in [0.717, 1.165) is 29.2 Å². The summed E-state index contributed by atoms with van der Waals surface area (Å²) in [5.41, 5.74) is 3.26. The molecule has 2 rings (SSSR count). The first kappa shape index (κ1) is 12.6. The molecule has 0 N–H and O–H groups in total. The lowest BCUT2D eigenvalue weighted by Crippen LogP contribution is -2.09. The van der Waals surface area contributed by atoms with Gasteiger partial charge in [-0.25, -0.2) is 0 Å². The fraction of sp³-hybridized carbons (Fsp3) is 0.429. The second kappa shape index (κ2) is 5.21. The van der Waals surface area contributed by atoms with E-state index in [1.165, 1.54) is 5.56 Å². The first-order valence-corrected chi connectivity index (χ1v) is 6.04. The third kappa shape index (κ3) is 2.10. The molecule has 1 heterocycles. The molecule has 0 aromatic heterocycles. The zero-order chi connectivity index (χ0) is 13.1. The van der Waals surface area contributed by atoms with E-state index in [0.29, 0.717) is 0 Å². The molecule has 1 aliphatic rings. The molecule has 0 fully saturated rings. The normalized spacial score (nSPS) is 17.8. The van der Waals surface area contributed by atoms with E-state index in [1.807, 2.05) is 19.1 Å². The van der Waals surface area contributed by atoms with Crippen LogP contribution in [0.15, 0.2) is 22.3 Å². The Kier molecular flexibility index (Phi) is 3.65. The van der Waals surface area contributed by atoms with E-state index in [9.17, 15) is 0 Å². The highest BCUT2D eigenvalue weighted by molar-refractivity contribution is 5.95. The van der Waals surface area contributed by atoms with Gasteiger partial charge in [0.1, 0.15) is 0 Å². The molecule has 96 valence electrons. The smallest absolute Gasteiger partial charge is 0.161 e. The fourth-order valence-corrected chi connectivity index (χ4v) is 2.32. The Labute approximate surface area is 107 Å². The quantitative estimate of drug-likeness (QED) is 0.822. The van der Waals surface area contributed by atoms with Crippen molar-refractivity contribution >= 4 is 11.9 Å². The summed E-state index contributed by atoms with van der Waals surface area (Å²) >= 11 is 0. The molecule has 4 heteroatoms. The Morgan fingerprint density at radius 3 is 2.44 bits per heavy atom. The van der Waals surface area contributed by atoms with Crippen LogP contribution in [-0.4, -0.2) is 26.1 Å². The number of rotatable bonds is 3. The number of benzene rings is 1. The van der Waals surface area contributed by atoms with Crippen molar-refractivity contribution < 1.29 is 9.47 Å². The summed E-state index contributed by atoms with van der Waals surface area (Å²) in [5.74, 6) is 1.75. The number of nitrogens with zero attached hydrogens (tertiary/aromatic N) is 2. The van der Waals surface area contributed by atoms with E-state index in [4.69, 9.17) is 9.47 Å². The van der Waals surface area contributed by atoms with Gasteiger partial charge in [-0.1, -0.05) is 6.92 Å². The second-order valence-corrected chi connectivity index (χ2v) is 4.28. The number of methoxy groups -OCH3 is 2. The van der Waals surface area contributed by atoms with Gasteiger partial charge in [0.25, 0.3) is 0 Å². The SMILES string of the molecule is CCC1C(C)=NN=Cc2cc(OC)c(OC)cc21. The van der Waals surface area contributed by atoms with Crippen LogP contribution in [0.5, 0.6) is 11.5 Å². The molecule has 0 aliphatic carbocycles. The van der Waals surface area contributed by atoms with E-state index in [1.54, 1.807) is 20.4 Å². The summed E-state index contributed by atoms with van der Waals surface area (Å²) in [6.45, 7) is 4.16. The zero-order valence-electron chi connectivity index (χ0n) is 11.2. The number of hydrogen-bond donors (Lipinski definition) is 0. The summed E-state index contributed by atoms with van der Waals surface area (Å²) in [6, 6.07) is 3.98. The van der Waals surface area contributed by atoms with Crippen molar-refractivity contribution in [1.82, 2.24) is 0 Å². The highest BCUT2D eigenvalue weighted by Gasteiger charge is 2.21. The van der Waals surface area contributed by atoms with Gasteiger partial charge in [0.15, 0.2) is 11.5 Å². The molecule has 0 saturated carbocycles. The van der Waals surface area contributed by atoms with Gasteiger partial charge >= 0.3 is 0 Å². The Balaban J connectivity index is 2.60. The first-order chi connectivity index (χ1) is 8.71. The Hall–Kier alpha value is -1.84. The van der Waals surface area contributed by atoms with E-state index in [-0.39, 0.29) is 5.92 Å². The second-order valence-electron chi connectivity index (χ2n) is 4.28. The van der Waals surface area contributed by atoms with Crippen molar-refractivity contribution in [1.29, 1.82) is 0 Å². The molecule has 0 bridgehead atoms. The van der Waals surface area contributed by atoms with Gasteiger partial charge in [0, 0.05) is 17.2 Å². The predicted molar refractivity (Wildman–Crippen MR) is 73.3 cm³/mol. The first-order valence-electron chi connectivity index (χ1n) is 6.04. The third-order valence-corrected chi connectivity index (χ3v) is 3.29. The minimum absolute atomic E-state index is 0.280. The molecule has 4 nitrogen and oxygen atoms in total. The van der Waals surface area contributed by atoms with Gasteiger partial charge in [-0.15, -0.1) is 0 Å². The highest BCUT2D eigenvalue weighted by atomic mass is 16.5. The van der Waals surface area contributed by atoms with Crippen LogP contribution in [0.2, 0.25) is 0 Å². The molecule has 0 spiro atoms. The maximum absolute atomic E-state index is 5.36. The average molecular weight is 246 g/mol. The monoisotopic (exact) mass is 246 g/mol. The van der Waals surface area contributed by atoms with Crippen molar-refractivity contribution in [2.75, 3.05) is 14.2 Å². The van der Waals surface area contributed by atoms with Crippen molar-refractivity contribution in [2.45, 2.75) is 26.2 Å². The van der Waals surface area contributed by atoms with E-state index < -0.39 is 0 Å². The van der Waals surface area contributed by atoms with Gasteiger partial charge in [0.2, 0.25) is 0 Å². The average Bonchev–Trinajstić information content (AvgIpc) is 2.54. The van der Waals surface area contributed by atoms with Crippen LogP contribution < -0.4 is 9.47 Å². The van der Waals surface area contributed by atoms with Crippen molar-refractivity contribution in [3.63, 3.8) is 0 Å². The summed E-state index contributed by atoms with van der Waals surface area (Å²) in [6.07, 6.45) is 2.76. The third-order valence-electron chi connectivity index (χ3n) is 3.29. The molecule has 0 saturated heterocycles. The number of hydrogen-bond acceptors (Lipinski definition) is 4. The van der Waals surface area contributed by atoms with E-state index >= 15 is 0 Å². The van der Waals surface area contributed by atoms with Crippen molar-refractivity contribution in [2.24, 2.45) is 10.2 Å². The van der Waals surface area contributed by atoms with Crippen molar-refractivity contribution in [3.05, 3.63) is 23.3 Å². The van der Waals surface area contributed by atoms with Gasteiger partial charge < -0.3 is 9.47 Å². The molecule has 18 heavy (non-hydrogen) atoms.